The summed E-state index contributed by atoms with van der Waals surface area (Å²) in [7, 11) is 0. The molecule has 0 heterocycles. The summed E-state index contributed by atoms with van der Waals surface area (Å²) in [5.41, 5.74) is 6.45. The summed E-state index contributed by atoms with van der Waals surface area (Å²) in [5, 5.41) is 28.7. The third kappa shape index (κ3) is 7.95. The molecule has 0 radical (unpaired) electrons. The maximum atomic E-state index is 12.4. The molecule has 2 amide bonds. The topological polar surface area (TPSA) is 111 Å². The van der Waals surface area contributed by atoms with Crippen LogP contribution in [-0.4, -0.2) is 35.6 Å². The zero-order valence-electron chi connectivity index (χ0n) is 20.2. The first kappa shape index (κ1) is 25.9. The molecule has 0 bridgehead atoms. The van der Waals surface area contributed by atoms with Gasteiger partial charge in [0.1, 0.15) is 5.75 Å². The minimum Gasteiger partial charge on any atom is -0.506 e. The summed E-state index contributed by atoms with van der Waals surface area (Å²) < 4.78 is 0. The smallest absolute Gasteiger partial charge is 0.224 e. The zero-order valence-corrected chi connectivity index (χ0v) is 20.2. The summed E-state index contributed by atoms with van der Waals surface area (Å²) in [4.78, 5) is 23.0. The summed E-state index contributed by atoms with van der Waals surface area (Å²) in [6, 6.07) is 18.8. The predicted molar refractivity (Wildman–Crippen MR) is 137 cm³/mol. The van der Waals surface area contributed by atoms with E-state index in [0.29, 0.717) is 38.0 Å². The Morgan fingerprint density at radius 3 is 2.54 bits per heavy atom. The van der Waals surface area contributed by atoms with Crippen molar-refractivity contribution in [3.63, 3.8) is 0 Å². The molecule has 1 atom stereocenters. The number of amides is 2. The SMILES string of the molecule is Cc1ccc(CNC(=O)Cc2cccc(CCNC[C@H](O)c3ccc(O)c(NC=O)c3)c2)cc1C. The molecule has 0 unspecified atom stereocenters. The maximum Gasteiger partial charge on any atom is 0.224 e. The minimum atomic E-state index is -0.782. The highest BCUT2D eigenvalue weighted by atomic mass is 16.3. The Balaban J connectivity index is 1.43. The van der Waals surface area contributed by atoms with Crippen molar-refractivity contribution in [2.75, 3.05) is 18.4 Å². The molecule has 3 aromatic carbocycles. The highest BCUT2D eigenvalue weighted by Gasteiger charge is 2.10. The second kappa shape index (κ2) is 12.7. The number of aromatic hydroxyl groups is 1. The van der Waals surface area contributed by atoms with Gasteiger partial charge in [0, 0.05) is 13.1 Å². The standard InChI is InChI=1S/C28H33N3O4/c1-19-6-7-23(12-20(19)2)16-30-28(35)14-22-5-3-4-21(13-22)10-11-29-17-27(34)24-8-9-26(33)25(15-24)31-18-32/h3-9,12-13,15,18,27,29,33-34H,10-11,14,16-17H2,1-2H3,(H,30,35)(H,31,32)/t27-/m0/s1. The highest BCUT2D eigenvalue weighted by Crippen LogP contribution is 2.26. The van der Waals surface area contributed by atoms with Gasteiger partial charge in [-0.25, -0.2) is 0 Å². The highest BCUT2D eigenvalue weighted by molar-refractivity contribution is 5.78. The molecule has 0 saturated carbocycles. The van der Waals surface area contributed by atoms with E-state index in [0.717, 1.165) is 23.1 Å². The summed E-state index contributed by atoms with van der Waals surface area (Å²) >= 11 is 0. The van der Waals surface area contributed by atoms with Crippen molar-refractivity contribution in [3.8, 4) is 5.75 Å². The number of aliphatic hydroxyl groups excluding tert-OH is 1. The van der Waals surface area contributed by atoms with Gasteiger partial charge in [-0.05, 0) is 72.3 Å². The average Bonchev–Trinajstić information content (AvgIpc) is 2.84. The first-order valence-electron chi connectivity index (χ1n) is 11.7. The predicted octanol–water partition coefficient (Wildman–Crippen LogP) is 3.30. The van der Waals surface area contributed by atoms with E-state index in [-0.39, 0.29) is 17.3 Å². The largest absolute Gasteiger partial charge is 0.506 e. The van der Waals surface area contributed by atoms with Crippen LogP contribution in [0.3, 0.4) is 0 Å². The Morgan fingerprint density at radius 1 is 0.971 bits per heavy atom. The lowest BCUT2D eigenvalue weighted by molar-refractivity contribution is -0.120. The van der Waals surface area contributed by atoms with Crippen LogP contribution in [0.5, 0.6) is 5.75 Å². The van der Waals surface area contributed by atoms with Crippen LogP contribution in [0.15, 0.2) is 60.7 Å². The first-order valence-corrected chi connectivity index (χ1v) is 11.7. The average molecular weight is 476 g/mol. The van der Waals surface area contributed by atoms with Gasteiger partial charge in [-0.2, -0.15) is 0 Å². The van der Waals surface area contributed by atoms with Crippen molar-refractivity contribution in [2.45, 2.75) is 39.3 Å². The van der Waals surface area contributed by atoms with E-state index in [2.05, 4.69) is 41.9 Å². The Morgan fingerprint density at radius 2 is 1.77 bits per heavy atom. The summed E-state index contributed by atoms with van der Waals surface area (Å²) in [6.07, 6.45) is 0.767. The molecular weight excluding hydrogens is 442 g/mol. The lowest BCUT2D eigenvalue weighted by atomic mass is 10.0. The van der Waals surface area contributed by atoms with Crippen LogP contribution in [0.4, 0.5) is 5.69 Å². The molecule has 0 aliphatic rings. The number of aliphatic hydroxyl groups is 1. The Labute approximate surface area is 206 Å². The second-order valence-corrected chi connectivity index (χ2v) is 8.70. The number of hydrogen-bond acceptors (Lipinski definition) is 5. The third-order valence-electron chi connectivity index (χ3n) is 5.97. The number of nitrogens with one attached hydrogen (secondary N) is 3. The molecule has 35 heavy (non-hydrogen) atoms. The minimum absolute atomic E-state index is 0.0149. The van der Waals surface area contributed by atoms with E-state index < -0.39 is 6.10 Å². The fraction of sp³-hybridized carbons (Fsp3) is 0.286. The number of carbonyl (C=O) groups is 2. The maximum absolute atomic E-state index is 12.4. The van der Waals surface area contributed by atoms with Crippen molar-refractivity contribution in [3.05, 3.63) is 94.0 Å². The van der Waals surface area contributed by atoms with Crippen LogP contribution in [0.2, 0.25) is 0 Å². The van der Waals surface area contributed by atoms with Gasteiger partial charge in [0.15, 0.2) is 0 Å². The van der Waals surface area contributed by atoms with Gasteiger partial charge >= 0.3 is 0 Å². The van der Waals surface area contributed by atoms with E-state index in [1.807, 2.05) is 30.3 Å². The number of carbonyl (C=O) groups excluding carboxylic acids is 2. The van der Waals surface area contributed by atoms with Gasteiger partial charge in [-0.1, -0.05) is 48.5 Å². The van der Waals surface area contributed by atoms with Crippen LogP contribution in [0, 0.1) is 13.8 Å². The summed E-state index contributed by atoms with van der Waals surface area (Å²) in [5.74, 6) is -0.0706. The Kier molecular flexibility index (Phi) is 9.40. The van der Waals surface area contributed by atoms with Gasteiger partial charge in [-0.3, -0.25) is 9.59 Å². The molecule has 7 heteroatoms. The molecular formula is C28H33N3O4. The van der Waals surface area contributed by atoms with Gasteiger partial charge in [0.05, 0.1) is 18.2 Å². The number of anilines is 1. The molecule has 0 aliphatic carbocycles. The molecule has 184 valence electrons. The normalized spacial score (nSPS) is 11.6. The monoisotopic (exact) mass is 475 g/mol. The second-order valence-electron chi connectivity index (χ2n) is 8.70. The van der Waals surface area contributed by atoms with E-state index in [1.165, 1.54) is 17.2 Å². The van der Waals surface area contributed by atoms with Gasteiger partial charge in [0.25, 0.3) is 0 Å². The molecule has 7 nitrogen and oxygen atoms in total. The first-order chi connectivity index (χ1) is 16.9. The lowest BCUT2D eigenvalue weighted by Gasteiger charge is -2.14. The zero-order chi connectivity index (χ0) is 25.2. The number of aryl methyl sites for hydroxylation is 2. The van der Waals surface area contributed by atoms with Crippen LogP contribution in [0.1, 0.15) is 39.5 Å². The molecule has 3 aromatic rings. The fourth-order valence-electron chi connectivity index (χ4n) is 3.79. The van der Waals surface area contributed by atoms with Crippen molar-refractivity contribution >= 4 is 18.0 Å². The van der Waals surface area contributed by atoms with Gasteiger partial charge in [0.2, 0.25) is 12.3 Å². The van der Waals surface area contributed by atoms with Gasteiger partial charge in [-0.15, -0.1) is 0 Å². The third-order valence-corrected chi connectivity index (χ3v) is 5.97. The number of rotatable bonds is 12. The molecule has 3 rings (SSSR count). The van der Waals surface area contributed by atoms with Crippen molar-refractivity contribution in [2.24, 2.45) is 0 Å². The van der Waals surface area contributed by atoms with Gasteiger partial charge < -0.3 is 26.2 Å². The number of benzene rings is 3. The van der Waals surface area contributed by atoms with Crippen LogP contribution < -0.4 is 16.0 Å². The van der Waals surface area contributed by atoms with Crippen molar-refractivity contribution in [1.29, 1.82) is 0 Å². The fourth-order valence-corrected chi connectivity index (χ4v) is 3.79. The molecule has 0 fully saturated rings. The Hall–Kier alpha value is -3.68. The van der Waals surface area contributed by atoms with Crippen LogP contribution in [-0.2, 0) is 29.0 Å². The number of phenols is 1. The quantitative estimate of drug-likeness (QED) is 0.157. The Bertz CT molecular complexity index is 1160. The molecule has 0 spiro atoms. The van der Waals surface area contributed by atoms with Crippen molar-refractivity contribution in [1.82, 2.24) is 10.6 Å². The van der Waals surface area contributed by atoms with E-state index in [4.69, 9.17) is 0 Å². The van der Waals surface area contributed by atoms with Crippen molar-refractivity contribution < 1.29 is 19.8 Å². The van der Waals surface area contributed by atoms with Crippen LogP contribution >= 0.6 is 0 Å². The molecule has 0 aromatic heterocycles. The molecule has 0 aliphatic heterocycles. The summed E-state index contributed by atoms with van der Waals surface area (Å²) in [6.45, 7) is 5.63. The van der Waals surface area contributed by atoms with E-state index in [1.54, 1.807) is 12.1 Å². The van der Waals surface area contributed by atoms with E-state index >= 15 is 0 Å². The van der Waals surface area contributed by atoms with Crippen LogP contribution in [0.25, 0.3) is 0 Å². The molecule has 0 saturated heterocycles. The number of hydrogen-bond donors (Lipinski definition) is 5. The van der Waals surface area contributed by atoms with E-state index in [9.17, 15) is 19.8 Å². The molecule has 5 N–H and O–H groups in total. The number of phenolic OH excluding ortho intramolecular Hbond substituents is 1. The lowest BCUT2D eigenvalue weighted by Crippen LogP contribution is -2.25.